The van der Waals surface area contributed by atoms with E-state index in [1.807, 2.05) is 37.8 Å². The smallest absolute Gasteiger partial charge is 0.410 e. The summed E-state index contributed by atoms with van der Waals surface area (Å²) in [4.78, 5) is 14.2. The van der Waals surface area contributed by atoms with Crippen LogP contribution in [0.5, 0.6) is 5.75 Å². The van der Waals surface area contributed by atoms with Crippen molar-refractivity contribution < 1.29 is 14.6 Å². The third kappa shape index (κ3) is 3.02. The van der Waals surface area contributed by atoms with Crippen molar-refractivity contribution in [1.29, 1.82) is 0 Å². The number of hydrogen-bond acceptors (Lipinski definition) is 4. The van der Waals surface area contributed by atoms with Gasteiger partial charge in [0, 0.05) is 24.5 Å². The topological polar surface area (TPSA) is 61.8 Å². The Morgan fingerprint density at radius 1 is 1.29 bits per heavy atom. The van der Waals surface area contributed by atoms with Gasteiger partial charge < -0.3 is 20.1 Å². The van der Waals surface area contributed by atoms with Crippen molar-refractivity contribution in [2.24, 2.45) is 23.2 Å². The molecular formula is C26H38N2O3. The number of phenolic OH excluding ortho intramolecular Hbond substituents is 1. The fraction of sp³-hybridized carbons (Fsp3) is 0.731. The summed E-state index contributed by atoms with van der Waals surface area (Å²) in [7, 11) is 0. The zero-order chi connectivity index (χ0) is 22.2. The number of nitrogens with zero attached hydrogens (tertiary/aromatic N) is 1. The molecule has 31 heavy (non-hydrogen) atoms. The summed E-state index contributed by atoms with van der Waals surface area (Å²) in [5.41, 5.74) is 2.88. The van der Waals surface area contributed by atoms with Gasteiger partial charge in [0.1, 0.15) is 11.4 Å². The van der Waals surface area contributed by atoms with Crippen LogP contribution in [-0.2, 0) is 16.6 Å². The van der Waals surface area contributed by atoms with Gasteiger partial charge in [-0.15, -0.1) is 0 Å². The monoisotopic (exact) mass is 426 g/mol. The zero-order valence-corrected chi connectivity index (χ0v) is 19.7. The van der Waals surface area contributed by atoms with E-state index in [1.165, 1.54) is 24.0 Å². The zero-order valence-electron chi connectivity index (χ0n) is 19.7. The molecule has 1 heterocycles. The first-order valence-corrected chi connectivity index (χ1v) is 12.1. The molecule has 1 unspecified atom stereocenters. The van der Waals surface area contributed by atoms with Gasteiger partial charge in [-0.2, -0.15) is 0 Å². The predicted molar refractivity (Wildman–Crippen MR) is 121 cm³/mol. The number of likely N-dealkylation sites (tertiary alicyclic amines) is 1. The number of aromatic hydroxyl groups is 1. The second-order valence-corrected chi connectivity index (χ2v) is 11.9. The number of nitrogens with one attached hydrogen (secondary N) is 1. The number of amides is 1. The number of phenols is 1. The fourth-order valence-electron chi connectivity index (χ4n) is 7.62. The molecule has 5 nitrogen and oxygen atoms in total. The van der Waals surface area contributed by atoms with Gasteiger partial charge in [-0.25, -0.2) is 4.79 Å². The van der Waals surface area contributed by atoms with Gasteiger partial charge in [-0.1, -0.05) is 19.9 Å². The van der Waals surface area contributed by atoms with Gasteiger partial charge in [0.25, 0.3) is 0 Å². The highest BCUT2D eigenvalue weighted by molar-refractivity contribution is 5.68. The van der Waals surface area contributed by atoms with Crippen molar-refractivity contribution >= 4 is 6.09 Å². The number of carbonyl (C=O) groups is 1. The van der Waals surface area contributed by atoms with Crippen molar-refractivity contribution in [3.05, 3.63) is 29.3 Å². The number of piperidine rings is 1. The van der Waals surface area contributed by atoms with Crippen LogP contribution in [0.3, 0.4) is 0 Å². The molecule has 0 aromatic heterocycles. The summed E-state index contributed by atoms with van der Waals surface area (Å²) in [6, 6.07) is 6.49. The summed E-state index contributed by atoms with van der Waals surface area (Å²) < 4.78 is 5.54. The maximum atomic E-state index is 12.3. The third-order valence-electron chi connectivity index (χ3n) is 9.00. The Hall–Kier alpha value is -1.75. The summed E-state index contributed by atoms with van der Waals surface area (Å²) >= 11 is 0. The SMILES string of the molecule is CC1C[C@]23Cc4ccc(O)cc4[C@]2(C)[C@H](NCC2CCN(C(=O)OC(C)(C)C)CC2)[C@H]13. The second kappa shape index (κ2) is 6.87. The van der Waals surface area contributed by atoms with Gasteiger partial charge in [0.15, 0.2) is 0 Å². The quantitative estimate of drug-likeness (QED) is 0.749. The summed E-state index contributed by atoms with van der Waals surface area (Å²) in [5.74, 6) is 2.48. The van der Waals surface area contributed by atoms with Crippen LogP contribution in [0.25, 0.3) is 0 Å². The summed E-state index contributed by atoms with van der Waals surface area (Å²) in [5, 5.41) is 14.1. The lowest BCUT2D eigenvalue weighted by Gasteiger charge is -2.75. The van der Waals surface area contributed by atoms with Gasteiger partial charge in [-0.05, 0) is 99.4 Å². The van der Waals surface area contributed by atoms with Crippen LogP contribution in [0.2, 0.25) is 0 Å². The van der Waals surface area contributed by atoms with Gasteiger partial charge >= 0.3 is 6.09 Å². The molecule has 1 spiro atoms. The minimum atomic E-state index is -0.437. The van der Waals surface area contributed by atoms with E-state index in [4.69, 9.17) is 4.74 Å². The normalized spacial score (nSPS) is 36.7. The highest BCUT2D eigenvalue weighted by atomic mass is 16.6. The van der Waals surface area contributed by atoms with Gasteiger partial charge in [-0.3, -0.25) is 0 Å². The van der Waals surface area contributed by atoms with E-state index in [0.29, 0.717) is 23.1 Å². The number of ether oxygens (including phenoxy) is 1. The Kier molecular flexibility index (Phi) is 4.68. The third-order valence-corrected chi connectivity index (χ3v) is 9.00. The second-order valence-electron chi connectivity index (χ2n) is 11.9. The van der Waals surface area contributed by atoms with E-state index in [2.05, 4.69) is 25.2 Å². The number of benzene rings is 1. The first-order valence-electron chi connectivity index (χ1n) is 12.1. The van der Waals surface area contributed by atoms with Crippen LogP contribution < -0.4 is 5.32 Å². The lowest BCUT2D eigenvalue weighted by atomic mass is 9.30. The average Bonchev–Trinajstić information content (AvgIpc) is 2.91. The average molecular weight is 427 g/mol. The number of fused-ring (bicyclic) bond motifs is 2. The Balaban J connectivity index is 1.22. The van der Waals surface area contributed by atoms with Crippen molar-refractivity contribution in [3.63, 3.8) is 0 Å². The van der Waals surface area contributed by atoms with Crippen LogP contribution >= 0.6 is 0 Å². The maximum absolute atomic E-state index is 12.3. The molecular weight excluding hydrogens is 388 g/mol. The molecule has 3 fully saturated rings. The van der Waals surface area contributed by atoms with E-state index < -0.39 is 5.60 Å². The number of rotatable bonds is 3. The van der Waals surface area contributed by atoms with Crippen LogP contribution in [0.15, 0.2) is 18.2 Å². The number of hydrogen-bond donors (Lipinski definition) is 2. The van der Waals surface area contributed by atoms with Crippen LogP contribution in [0.4, 0.5) is 4.79 Å². The molecule has 5 rings (SSSR count). The largest absolute Gasteiger partial charge is 0.508 e. The lowest BCUT2D eigenvalue weighted by Crippen LogP contribution is -2.80. The van der Waals surface area contributed by atoms with Crippen molar-refractivity contribution in [2.75, 3.05) is 19.6 Å². The Labute approximate surface area is 186 Å². The van der Waals surface area contributed by atoms with E-state index in [1.54, 1.807) is 0 Å². The van der Waals surface area contributed by atoms with Gasteiger partial charge in [0.05, 0.1) is 0 Å². The molecule has 2 saturated carbocycles. The minimum absolute atomic E-state index is 0.121. The molecule has 170 valence electrons. The van der Waals surface area contributed by atoms with Gasteiger partial charge in [0.2, 0.25) is 0 Å². The Morgan fingerprint density at radius 2 is 2.00 bits per heavy atom. The molecule has 0 radical (unpaired) electrons. The molecule has 0 bridgehead atoms. The van der Waals surface area contributed by atoms with E-state index >= 15 is 0 Å². The molecule has 5 heteroatoms. The standard InChI is InChI=1S/C26H38N2O3/c1-16-13-26-14-18-6-7-19(29)12-20(18)25(26,5)22(21(16)26)27-15-17-8-10-28(11-9-17)23(30)31-24(2,3)4/h6-7,12,16-17,21-22,27,29H,8-11,13-15H2,1-5H3/t16?,21-,22+,25+,26+/m0/s1. The highest BCUT2D eigenvalue weighted by Gasteiger charge is 2.78. The van der Waals surface area contributed by atoms with E-state index in [9.17, 15) is 9.90 Å². The van der Waals surface area contributed by atoms with E-state index in [0.717, 1.165) is 44.3 Å². The fourth-order valence-corrected chi connectivity index (χ4v) is 7.62. The predicted octanol–water partition coefficient (Wildman–Crippen LogP) is 4.47. The molecule has 3 aliphatic carbocycles. The summed E-state index contributed by atoms with van der Waals surface area (Å²) in [6.07, 6.45) is 4.34. The molecule has 1 aromatic rings. The molecule has 1 aliphatic heterocycles. The minimum Gasteiger partial charge on any atom is -0.508 e. The Morgan fingerprint density at radius 3 is 2.65 bits per heavy atom. The van der Waals surface area contributed by atoms with Crippen molar-refractivity contribution in [3.8, 4) is 5.75 Å². The van der Waals surface area contributed by atoms with Crippen LogP contribution in [0, 0.1) is 23.2 Å². The first-order chi connectivity index (χ1) is 14.5. The lowest BCUT2D eigenvalue weighted by molar-refractivity contribution is -0.217. The molecule has 4 aliphatic rings. The molecule has 2 N–H and O–H groups in total. The highest BCUT2D eigenvalue weighted by Crippen LogP contribution is 2.78. The van der Waals surface area contributed by atoms with E-state index in [-0.39, 0.29) is 11.5 Å². The maximum Gasteiger partial charge on any atom is 0.410 e. The van der Waals surface area contributed by atoms with Crippen LogP contribution in [0.1, 0.15) is 65.0 Å². The molecule has 1 aromatic carbocycles. The van der Waals surface area contributed by atoms with Crippen LogP contribution in [-0.4, -0.2) is 47.4 Å². The van der Waals surface area contributed by atoms with Crippen molar-refractivity contribution in [2.45, 2.75) is 77.4 Å². The summed E-state index contributed by atoms with van der Waals surface area (Å²) in [6.45, 7) is 13.2. The molecule has 1 saturated heterocycles. The molecule has 5 atom stereocenters. The first kappa shape index (κ1) is 21.1. The van der Waals surface area contributed by atoms with Crippen molar-refractivity contribution in [1.82, 2.24) is 10.2 Å². The Bertz CT molecular complexity index is 885. The number of carbonyl (C=O) groups excluding carboxylic acids is 1. The molecule has 1 amide bonds.